The number of amides is 6. The zero-order chi connectivity index (χ0) is 48.5. The number of piperazine rings is 1. The maximum atomic E-state index is 13.6. The van der Waals surface area contributed by atoms with Crippen LogP contribution in [0.15, 0.2) is 60.7 Å². The first-order valence-corrected chi connectivity index (χ1v) is 23.4. The molecule has 18 nitrogen and oxygen atoms in total. The number of carbonyl (C=O) groups excluding carboxylic acids is 6. The van der Waals surface area contributed by atoms with Crippen molar-refractivity contribution in [3.63, 3.8) is 0 Å². The Morgan fingerprint density at radius 2 is 1.49 bits per heavy atom. The van der Waals surface area contributed by atoms with Crippen LogP contribution in [0.1, 0.15) is 68.0 Å². The molecule has 4 N–H and O–H groups in total. The fraction of sp³-hybridized carbons (Fsp3) is 0.469. The van der Waals surface area contributed by atoms with Gasteiger partial charge in [0.25, 0.3) is 23.6 Å². The Morgan fingerprint density at radius 1 is 0.797 bits per heavy atom. The summed E-state index contributed by atoms with van der Waals surface area (Å²) >= 11 is 0. The summed E-state index contributed by atoms with van der Waals surface area (Å²) in [6, 6.07) is 14.6. The van der Waals surface area contributed by atoms with Gasteiger partial charge in [-0.15, -0.1) is 0 Å². The Morgan fingerprint density at radius 3 is 2.20 bits per heavy atom. The molecule has 3 aromatic carbocycles. The average molecular weight is 958 g/mol. The second-order valence-corrected chi connectivity index (χ2v) is 17.6. The molecule has 0 radical (unpaired) electrons. The van der Waals surface area contributed by atoms with E-state index in [1.807, 2.05) is 34.1 Å². The van der Waals surface area contributed by atoms with Crippen molar-refractivity contribution < 1.29 is 61.6 Å². The highest BCUT2D eigenvalue weighted by Gasteiger charge is 2.46. The molecule has 5 heterocycles. The predicted octanol–water partition coefficient (Wildman–Crippen LogP) is 2.56. The summed E-state index contributed by atoms with van der Waals surface area (Å²) < 4.78 is 49.8. The van der Waals surface area contributed by atoms with Crippen molar-refractivity contribution in [2.24, 2.45) is 0 Å². The first-order valence-electron chi connectivity index (χ1n) is 23.4. The molecule has 3 saturated heterocycles. The van der Waals surface area contributed by atoms with Crippen LogP contribution < -0.4 is 15.5 Å². The number of hydrogen-bond acceptors (Lipinski definition) is 13. The van der Waals surface area contributed by atoms with Gasteiger partial charge < -0.3 is 44.2 Å². The van der Waals surface area contributed by atoms with E-state index in [9.17, 15) is 42.7 Å². The molecule has 0 spiro atoms. The Bertz CT molecular complexity index is 2530. The molecule has 2 atom stereocenters. The number of H-pyrrole nitrogens is 1. The van der Waals surface area contributed by atoms with Crippen LogP contribution >= 0.6 is 0 Å². The number of imide groups is 2. The van der Waals surface area contributed by atoms with E-state index < -0.39 is 52.8 Å². The SMILES string of the molecule is O=C1CCC(N2C(=O)c3cccc(CCCOCCOCCOCCOCCN4CCN(C(=O)c5cc6cc(N7CC[C@](O)(C(=O)NCc8cc(F)cc(F)c8)C7)ccc6[nH]5)CC4)c3C2=O)C(=O)N1. The van der Waals surface area contributed by atoms with Crippen molar-refractivity contribution >= 4 is 52.0 Å². The number of halogens is 2. The third-order valence-corrected chi connectivity index (χ3v) is 12.9. The number of rotatable bonds is 22. The first-order chi connectivity index (χ1) is 33.4. The summed E-state index contributed by atoms with van der Waals surface area (Å²) in [4.78, 5) is 86.9. The largest absolute Gasteiger partial charge is 0.379 e. The summed E-state index contributed by atoms with van der Waals surface area (Å²) in [7, 11) is 0. The number of ether oxygens (including phenoxy) is 4. The molecule has 368 valence electrons. The maximum Gasteiger partial charge on any atom is 0.270 e. The van der Waals surface area contributed by atoms with Gasteiger partial charge in [-0.3, -0.25) is 43.9 Å². The Labute approximate surface area is 397 Å². The second-order valence-electron chi connectivity index (χ2n) is 17.6. The molecular formula is C49H57F2N7O11. The highest BCUT2D eigenvalue weighted by molar-refractivity contribution is 6.24. The lowest BCUT2D eigenvalue weighted by atomic mass is 9.99. The number of aliphatic hydroxyl groups is 1. The zero-order valence-electron chi connectivity index (χ0n) is 38.3. The van der Waals surface area contributed by atoms with Crippen LogP contribution in [-0.2, 0) is 46.3 Å². The van der Waals surface area contributed by atoms with Gasteiger partial charge in [0.2, 0.25) is 11.8 Å². The number of piperidine rings is 1. The van der Waals surface area contributed by atoms with E-state index in [-0.39, 0.29) is 49.4 Å². The number of benzene rings is 3. The maximum absolute atomic E-state index is 13.6. The summed E-state index contributed by atoms with van der Waals surface area (Å²) in [5.74, 6) is -4.28. The monoisotopic (exact) mass is 957 g/mol. The van der Waals surface area contributed by atoms with Crippen molar-refractivity contribution in [2.45, 2.75) is 50.3 Å². The third-order valence-electron chi connectivity index (χ3n) is 12.9. The van der Waals surface area contributed by atoms with Gasteiger partial charge in [-0.1, -0.05) is 12.1 Å². The van der Waals surface area contributed by atoms with Gasteiger partial charge in [0, 0.05) is 87.9 Å². The molecule has 1 aromatic heterocycles. The standard InChI is InChI=1S/C49H57F2N7O11/c50-35-25-32(26-36(51)29-35)30-52-48(64)49(65)10-11-57(31-49)37-6-7-39-34(27-37)28-40(53-39)46(62)56-14-12-55(13-15-56)16-18-67-20-22-69-24-23-68-21-19-66-17-2-4-33-3-1-5-38-43(33)47(63)58(45(38)61)41-8-9-42(59)54-44(41)60/h1,3,5-7,25-29,41,53,65H,2,4,8-24,30-31H2,(H,52,64)(H,54,59,60)/t41?,49-/m1/s1. The fourth-order valence-corrected chi connectivity index (χ4v) is 9.15. The van der Waals surface area contributed by atoms with Gasteiger partial charge in [-0.05, 0) is 72.9 Å². The summed E-state index contributed by atoms with van der Waals surface area (Å²) in [6.45, 7) is 7.07. The lowest BCUT2D eigenvalue weighted by molar-refractivity contribution is -0.138. The fourth-order valence-electron chi connectivity index (χ4n) is 9.15. The normalized spacial score (nSPS) is 19.8. The molecule has 3 fully saturated rings. The second kappa shape index (κ2) is 22.5. The minimum absolute atomic E-state index is 0.0384. The Balaban J connectivity index is 0.642. The molecule has 0 saturated carbocycles. The van der Waals surface area contributed by atoms with Crippen molar-refractivity contribution in [3.8, 4) is 0 Å². The molecule has 69 heavy (non-hydrogen) atoms. The lowest BCUT2D eigenvalue weighted by Crippen LogP contribution is -2.54. The number of aryl methyl sites for hydroxylation is 1. The molecule has 4 aromatic rings. The number of nitrogens with one attached hydrogen (secondary N) is 3. The van der Waals surface area contributed by atoms with E-state index in [0.717, 1.165) is 46.2 Å². The van der Waals surface area contributed by atoms with Crippen molar-refractivity contribution in [2.75, 3.05) is 104 Å². The van der Waals surface area contributed by atoms with Crippen LogP contribution in [0.4, 0.5) is 14.5 Å². The number of carbonyl (C=O) groups is 6. The number of β-amino-alcohol motifs (C(OH)–C–C–N with tert-alkyl or cyclic N) is 1. The molecule has 8 rings (SSSR count). The average Bonchev–Trinajstić information content (AvgIpc) is 4.03. The Hall–Kier alpha value is -6.16. The lowest BCUT2D eigenvalue weighted by Gasteiger charge is -2.34. The number of nitrogens with zero attached hydrogens (tertiary/aromatic N) is 4. The minimum atomic E-state index is -1.68. The highest BCUT2D eigenvalue weighted by atomic mass is 19.1. The Kier molecular flexibility index (Phi) is 16.1. The molecule has 4 aliphatic heterocycles. The van der Waals surface area contributed by atoms with Crippen LogP contribution in [0.2, 0.25) is 0 Å². The van der Waals surface area contributed by atoms with Gasteiger partial charge in [0.05, 0.1) is 63.9 Å². The van der Waals surface area contributed by atoms with Crippen LogP contribution in [0.5, 0.6) is 0 Å². The number of hydrogen-bond donors (Lipinski definition) is 4. The van der Waals surface area contributed by atoms with Gasteiger partial charge in [0.1, 0.15) is 23.4 Å². The molecule has 0 bridgehead atoms. The van der Waals surface area contributed by atoms with Gasteiger partial charge >= 0.3 is 0 Å². The van der Waals surface area contributed by atoms with E-state index in [0.29, 0.717) is 115 Å². The highest BCUT2D eigenvalue weighted by Crippen LogP contribution is 2.32. The van der Waals surface area contributed by atoms with Gasteiger partial charge in [0.15, 0.2) is 5.60 Å². The van der Waals surface area contributed by atoms with E-state index >= 15 is 0 Å². The van der Waals surface area contributed by atoms with Crippen LogP contribution in [0.25, 0.3) is 10.9 Å². The van der Waals surface area contributed by atoms with Crippen LogP contribution in [0, 0.1) is 11.6 Å². The van der Waals surface area contributed by atoms with Crippen molar-refractivity contribution in [1.29, 1.82) is 0 Å². The van der Waals surface area contributed by atoms with Crippen molar-refractivity contribution in [3.05, 3.63) is 100 Å². The molecular weight excluding hydrogens is 901 g/mol. The van der Waals surface area contributed by atoms with Gasteiger partial charge in [-0.25, -0.2) is 8.78 Å². The molecule has 6 amide bonds. The smallest absolute Gasteiger partial charge is 0.270 e. The number of aromatic amines is 1. The number of aromatic nitrogens is 1. The summed E-state index contributed by atoms with van der Waals surface area (Å²) in [6.07, 6.45) is 1.47. The van der Waals surface area contributed by atoms with E-state index in [1.54, 1.807) is 18.2 Å². The first kappa shape index (κ1) is 49.3. The van der Waals surface area contributed by atoms with Gasteiger partial charge in [-0.2, -0.15) is 0 Å². The summed E-state index contributed by atoms with van der Waals surface area (Å²) in [5.41, 5.74) is 1.92. The topological polar surface area (TPSA) is 212 Å². The quantitative estimate of drug-likeness (QED) is 0.0660. The van der Waals surface area contributed by atoms with Crippen molar-refractivity contribution in [1.82, 2.24) is 30.3 Å². The minimum Gasteiger partial charge on any atom is -0.379 e. The third kappa shape index (κ3) is 12.0. The van der Waals surface area contributed by atoms with E-state index in [1.165, 1.54) is 0 Å². The molecule has 0 aliphatic carbocycles. The van der Waals surface area contributed by atoms with E-state index in [4.69, 9.17) is 18.9 Å². The van der Waals surface area contributed by atoms with Crippen LogP contribution in [0.3, 0.4) is 0 Å². The summed E-state index contributed by atoms with van der Waals surface area (Å²) in [5, 5.41) is 16.8. The zero-order valence-corrected chi connectivity index (χ0v) is 38.3. The number of fused-ring (bicyclic) bond motifs is 2. The molecule has 1 unspecified atom stereocenters. The molecule has 20 heteroatoms. The van der Waals surface area contributed by atoms with Crippen LogP contribution in [-0.4, -0.2) is 171 Å². The predicted molar refractivity (Wildman–Crippen MR) is 245 cm³/mol. The van der Waals surface area contributed by atoms with E-state index in [2.05, 4.69) is 20.5 Å². The number of anilines is 1. The molecule has 4 aliphatic rings.